The van der Waals surface area contributed by atoms with E-state index in [9.17, 15) is 4.79 Å². The van der Waals surface area contributed by atoms with Gasteiger partial charge in [-0.15, -0.1) is 11.6 Å². The third kappa shape index (κ3) is 3.10. The van der Waals surface area contributed by atoms with Gasteiger partial charge < -0.3 is 4.57 Å². The molecule has 0 spiro atoms. The molecule has 0 amide bonds. The number of aryl methyl sites for hydroxylation is 2. The first-order chi connectivity index (χ1) is 9.50. The summed E-state index contributed by atoms with van der Waals surface area (Å²) in [5.74, 6) is -0.00704. The van der Waals surface area contributed by atoms with Crippen molar-refractivity contribution in [3.8, 4) is 0 Å². The summed E-state index contributed by atoms with van der Waals surface area (Å²) in [6, 6.07) is 5.93. The molecule has 0 aliphatic heterocycles. The van der Waals surface area contributed by atoms with E-state index in [2.05, 4.69) is 15.6 Å². The quantitative estimate of drug-likeness (QED) is 0.623. The number of rotatable bonds is 5. The molecule has 3 nitrogen and oxygen atoms in total. The molecule has 0 N–H and O–H groups in total. The number of hydrogen-bond acceptors (Lipinski definition) is 2. The van der Waals surface area contributed by atoms with Crippen LogP contribution in [-0.4, -0.2) is 20.7 Å². The van der Waals surface area contributed by atoms with Crippen LogP contribution in [-0.2, 0) is 13.0 Å². The van der Waals surface area contributed by atoms with E-state index in [4.69, 9.17) is 11.6 Å². The average Bonchev–Trinajstić information content (AvgIpc) is 2.72. The standard InChI is InChI=1S/C16H19ClN2O/c1-11-9-15(16(20)12(2)17)13(3)19(11)8-6-14-5-4-7-18-10-14/h4-5,7,9-10,12H,6,8H2,1-3H3. The maximum Gasteiger partial charge on any atom is 0.182 e. The Labute approximate surface area is 124 Å². The van der Waals surface area contributed by atoms with Crippen LogP contribution in [0.25, 0.3) is 0 Å². The summed E-state index contributed by atoms with van der Waals surface area (Å²) in [6.45, 7) is 6.55. The fourth-order valence-electron chi connectivity index (χ4n) is 2.40. The SMILES string of the molecule is Cc1cc(C(=O)C(C)Cl)c(C)n1CCc1cccnc1. The van der Waals surface area contributed by atoms with Crippen molar-refractivity contribution in [2.24, 2.45) is 0 Å². The van der Waals surface area contributed by atoms with E-state index in [1.165, 1.54) is 5.56 Å². The third-order valence-electron chi connectivity index (χ3n) is 3.55. The van der Waals surface area contributed by atoms with Crippen molar-refractivity contribution in [3.63, 3.8) is 0 Å². The van der Waals surface area contributed by atoms with E-state index in [0.717, 1.165) is 29.9 Å². The molecule has 20 heavy (non-hydrogen) atoms. The van der Waals surface area contributed by atoms with Crippen LogP contribution in [0.4, 0.5) is 0 Å². The fraction of sp³-hybridized carbons (Fsp3) is 0.375. The van der Waals surface area contributed by atoms with Gasteiger partial charge >= 0.3 is 0 Å². The Balaban J connectivity index is 2.19. The van der Waals surface area contributed by atoms with Gasteiger partial charge in [0.1, 0.15) is 0 Å². The molecule has 0 aliphatic rings. The number of pyridine rings is 1. The van der Waals surface area contributed by atoms with Gasteiger partial charge in [-0.05, 0) is 44.9 Å². The van der Waals surface area contributed by atoms with Gasteiger partial charge in [0, 0.05) is 35.9 Å². The highest BCUT2D eigenvalue weighted by molar-refractivity contribution is 6.33. The van der Waals surface area contributed by atoms with E-state index >= 15 is 0 Å². The van der Waals surface area contributed by atoms with Crippen molar-refractivity contribution in [1.29, 1.82) is 0 Å². The smallest absolute Gasteiger partial charge is 0.182 e. The number of Topliss-reactive ketones (excluding diaryl/α,β-unsaturated/α-hetero) is 1. The molecule has 2 rings (SSSR count). The van der Waals surface area contributed by atoms with Crippen LogP contribution < -0.4 is 0 Å². The minimum atomic E-state index is -0.484. The number of ketones is 1. The predicted octanol–water partition coefficient (Wildman–Crippen LogP) is 3.55. The van der Waals surface area contributed by atoms with Crippen molar-refractivity contribution in [2.75, 3.05) is 0 Å². The van der Waals surface area contributed by atoms with Crippen LogP contribution >= 0.6 is 11.6 Å². The summed E-state index contributed by atoms with van der Waals surface area (Å²) in [6.07, 6.45) is 4.55. The fourth-order valence-corrected chi connectivity index (χ4v) is 2.51. The molecular weight excluding hydrogens is 272 g/mol. The second-order valence-electron chi connectivity index (χ2n) is 5.03. The normalized spacial score (nSPS) is 12.4. The lowest BCUT2D eigenvalue weighted by atomic mass is 10.1. The Hall–Kier alpha value is -1.61. The molecule has 0 aromatic carbocycles. The largest absolute Gasteiger partial charge is 0.348 e. The summed E-state index contributed by atoms with van der Waals surface area (Å²) in [4.78, 5) is 16.2. The molecule has 2 aromatic rings. The predicted molar refractivity (Wildman–Crippen MR) is 81.5 cm³/mol. The van der Waals surface area contributed by atoms with E-state index < -0.39 is 5.38 Å². The molecule has 4 heteroatoms. The van der Waals surface area contributed by atoms with Crippen LogP contribution in [0.1, 0.15) is 34.2 Å². The Bertz CT molecular complexity index is 602. The lowest BCUT2D eigenvalue weighted by Crippen LogP contribution is -2.12. The minimum Gasteiger partial charge on any atom is -0.348 e. The van der Waals surface area contributed by atoms with Crippen LogP contribution in [0, 0.1) is 13.8 Å². The average molecular weight is 291 g/mol. The van der Waals surface area contributed by atoms with Gasteiger partial charge in [0.05, 0.1) is 5.38 Å². The summed E-state index contributed by atoms with van der Waals surface area (Å²) in [7, 11) is 0. The Morgan fingerprint density at radius 3 is 2.80 bits per heavy atom. The van der Waals surface area contributed by atoms with Crippen LogP contribution in [0.2, 0.25) is 0 Å². The highest BCUT2D eigenvalue weighted by Crippen LogP contribution is 2.19. The molecule has 0 fully saturated rings. The second kappa shape index (κ2) is 6.23. The molecule has 0 saturated carbocycles. The zero-order chi connectivity index (χ0) is 14.7. The maximum absolute atomic E-state index is 12.0. The van der Waals surface area contributed by atoms with Crippen molar-refractivity contribution >= 4 is 17.4 Å². The molecule has 0 aliphatic carbocycles. The molecule has 0 radical (unpaired) electrons. The molecule has 2 aromatic heterocycles. The zero-order valence-electron chi connectivity index (χ0n) is 12.1. The first-order valence-electron chi connectivity index (χ1n) is 6.74. The molecule has 2 heterocycles. The first-order valence-corrected chi connectivity index (χ1v) is 7.18. The number of alkyl halides is 1. The third-order valence-corrected chi connectivity index (χ3v) is 3.75. The maximum atomic E-state index is 12.0. The summed E-state index contributed by atoms with van der Waals surface area (Å²) in [5.41, 5.74) is 4.01. The summed E-state index contributed by atoms with van der Waals surface area (Å²) >= 11 is 5.90. The molecule has 0 saturated heterocycles. The van der Waals surface area contributed by atoms with Gasteiger partial charge in [-0.25, -0.2) is 0 Å². The Morgan fingerprint density at radius 2 is 2.20 bits per heavy atom. The van der Waals surface area contributed by atoms with E-state index in [0.29, 0.717) is 0 Å². The number of aromatic nitrogens is 2. The van der Waals surface area contributed by atoms with Gasteiger partial charge in [0.2, 0.25) is 0 Å². The summed E-state index contributed by atoms with van der Waals surface area (Å²) in [5, 5.41) is -0.484. The van der Waals surface area contributed by atoms with Gasteiger partial charge in [-0.3, -0.25) is 9.78 Å². The van der Waals surface area contributed by atoms with Crippen LogP contribution in [0.5, 0.6) is 0 Å². The van der Waals surface area contributed by atoms with Gasteiger partial charge in [0.15, 0.2) is 5.78 Å². The topological polar surface area (TPSA) is 34.9 Å². The van der Waals surface area contributed by atoms with E-state index in [-0.39, 0.29) is 5.78 Å². The number of carbonyl (C=O) groups excluding carboxylic acids is 1. The monoisotopic (exact) mass is 290 g/mol. The molecule has 1 atom stereocenters. The molecule has 0 bridgehead atoms. The van der Waals surface area contributed by atoms with Gasteiger partial charge in [-0.1, -0.05) is 6.07 Å². The van der Waals surface area contributed by atoms with Crippen molar-refractivity contribution in [3.05, 3.63) is 53.1 Å². The lowest BCUT2D eigenvalue weighted by Gasteiger charge is -2.10. The minimum absolute atomic E-state index is 0.00704. The van der Waals surface area contributed by atoms with Crippen molar-refractivity contribution in [2.45, 2.75) is 39.1 Å². The van der Waals surface area contributed by atoms with Crippen LogP contribution in [0.3, 0.4) is 0 Å². The summed E-state index contributed by atoms with van der Waals surface area (Å²) < 4.78 is 2.17. The van der Waals surface area contributed by atoms with Crippen LogP contribution in [0.15, 0.2) is 30.6 Å². The molecule has 1 unspecified atom stereocenters. The Morgan fingerprint density at radius 1 is 1.45 bits per heavy atom. The van der Waals surface area contributed by atoms with Gasteiger partial charge in [0.25, 0.3) is 0 Å². The Kier molecular flexibility index (Phi) is 4.61. The molecule has 106 valence electrons. The van der Waals surface area contributed by atoms with Gasteiger partial charge in [-0.2, -0.15) is 0 Å². The number of nitrogens with zero attached hydrogens (tertiary/aromatic N) is 2. The number of carbonyl (C=O) groups is 1. The zero-order valence-corrected chi connectivity index (χ0v) is 12.8. The highest BCUT2D eigenvalue weighted by atomic mass is 35.5. The first kappa shape index (κ1) is 14.8. The number of halogens is 1. The van der Waals surface area contributed by atoms with Crippen molar-refractivity contribution in [1.82, 2.24) is 9.55 Å². The number of hydrogen-bond donors (Lipinski definition) is 0. The van der Waals surface area contributed by atoms with E-state index in [1.807, 2.05) is 32.2 Å². The second-order valence-corrected chi connectivity index (χ2v) is 5.68. The highest BCUT2D eigenvalue weighted by Gasteiger charge is 2.19. The van der Waals surface area contributed by atoms with E-state index in [1.54, 1.807) is 13.1 Å². The molecular formula is C16H19ClN2O. The van der Waals surface area contributed by atoms with Crippen molar-refractivity contribution < 1.29 is 4.79 Å². The lowest BCUT2D eigenvalue weighted by molar-refractivity contribution is 0.0991.